The van der Waals surface area contributed by atoms with Gasteiger partial charge in [-0.3, -0.25) is 4.79 Å². The third-order valence-electron chi connectivity index (χ3n) is 4.13. The summed E-state index contributed by atoms with van der Waals surface area (Å²) in [5.41, 5.74) is 2.65. The van der Waals surface area contributed by atoms with Crippen molar-refractivity contribution >= 4 is 23.3 Å². The number of benzene rings is 2. The monoisotopic (exact) mass is 410 g/mol. The number of nitrogens with zero attached hydrogens (tertiary/aromatic N) is 1. The third kappa shape index (κ3) is 5.14. The predicted molar refractivity (Wildman–Crippen MR) is 115 cm³/mol. The lowest BCUT2D eigenvalue weighted by Gasteiger charge is -2.12. The number of ether oxygens (including phenoxy) is 3. The molecule has 0 radical (unpaired) electrons. The molecule has 150 valence electrons. The van der Waals surface area contributed by atoms with Gasteiger partial charge in [-0.25, -0.2) is 4.98 Å². The van der Waals surface area contributed by atoms with Crippen LogP contribution in [0.1, 0.15) is 11.3 Å². The maximum Gasteiger partial charge on any atom is 0.244 e. The van der Waals surface area contributed by atoms with Crippen molar-refractivity contribution in [2.24, 2.45) is 0 Å². The summed E-state index contributed by atoms with van der Waals surface area (Å²) in [6.45, 7) is 0.363. The lowest BCUT2D eigenvalue weighted by atomic mass is 10.1. The van der Waals surface area contributed by atoms with Crippen LogP contribution in [0.15, 0.2) is 53.9 Å². The highest BCUT2D eigenvalue weighted by molar-refractivity contribution is 7.13. The molecule has 1 N–H and O–H groups in total. The Balaban J connectivity index is 1.62. The van der Waals surface area contributed by atoms with Gasteiger partial charge in [-0.05, 0) is 23.8 Å². The fourth-order valence-corrected chi connectivity index (χ4v) is 3.53. The lowest BCUT2D eigenvalue weighted by molar-refractivity contribution is -0.116. The van der Waals surface area contributed by atoms with E-state index in [9.17, 15) is 4.79 Å². The maximum atomic E-state index is 12.2. The second-order valence-corrected chi connectivity index (χ2v) is 6.88. The molecule has 2 aromatic carbocycles. The molecule has 0 atom stereocenters. The standard InChI is InChI=1S/C22H22N2O4S/c1-26-18-11-15(12-19(27-2)21(18)28-3)9-10-20(25)23-13-17-14-29-22(24-17)16-7-5-4-6-8-16/h4-12,14H,13H2,1-3H3,(H,23,25)/b10-9+. The Morgan fingerprint density at radius 2 is 1.76 bits per heavy atom. The van der Waals surface area contributed by atoms with Crippen molar-refractivity contribution in [1.29, 1.82) is 0 Å². The van der Waals surface area contributed by atoms with E-state index in [2.05, 4.69) is 10.3 Å². The number of hydrogen-bond donors (Lipinski definition) is 1. The highest BCUT2D eigenvalue weighted by Crippen LogP contribution is 2.38. The summed E-state index contributed by atoms with van der Waals surface area (Å²) in [4.78, 5) is 16.8. The SMILES string of the molecule is COc1cc(/C=C/C(=O)NCc2csc(-c3ccccc3)n2)cc(OC)c1OC. The highest BCUT2D eigenvalue weighted by atomic mass is 32.1. The summed E-state index contributed by atoms with van der Waals surface area (Å²) >= 11 is 1.56. The van der Waals surface area contributed by atoms with Crippen LogP contribution in [0.4, 0.5) is 0 Å². The third-order valence-corrected chi connectivity index (χ3v) is 5.07. The average Bonchev–Trinajstić information content (AvgIpc) is 3.25. The van der Waals surface area contributed by atoms with Crippen molar-refractivity contribution < 1.29 is 19.0 Å². The van der Waals surface area contributed by atoms with Crippen LogP contribution in [0.5, 0.6) is 17.2 Å². The minimum absolute atomic E-state index is 0.215. The summed E-state index contributed by atoms with van der Waals surface area (Å²) in [5, 5.41) is 5.73. The van der Waals surface area contributed by atoms with Crippen LogP contribution in [0, 0.1) is 0 Å². The first-order valence-electron chi connectivity index (χ1n) is 8.90. The van der Waals surface area contributed by atoms with E-state index in [1.807, 2.05) is 35.7 Å². The van der Waals surface area contributed by atoms with E-state index < -0.39 is 0 Å². The predicted octanol–water partition coefficient (Wildman–Crippen LogP) is 4.17. The van der Waals surface area contributed by atoms with Crippen LogP contribution < -0.4 is 19.5 Å². The molecule has 0 aliphatic carbocycles. The Morgan fingerprint density at radius 3 is 2.38 bits per heavy atom. The van der Waals surface area contributed by atoms with Crippen LogP contribution >= 0.6 is 11.3 Å². The van der Waals surface area contributed by atoms with Crippen LogP contribution in [-0.4, -0.2) is 32.2 Å². The average molecular weight is 410 g/mol. The van der Waals surface area contributed by atoms with Gasteiger partial charge in [0.15, 0.2) is 11.5 Å². The molecule has 1 aromatic heterocycles. The van der Waals surface area contributed by atoms with Gasteiger partial charge in [-0.1, -0.05) is 30.3 Å². The second-order valence-electron chi connectivity index (χ2n) is 6.02. The quantitative estimate of drug-likeness (QED) is 0.565. The van der Waals surface area contributed by atoms with E-state index in [0.29, 0.717) is 23.8 Å². The number of nitrogens with one attached hydrogen (secondary N) is 1. The lowest BCUT2D eigenvalue weighted by Crippen LogP contribution is -2.20. The molecule has 29 heavy (non-hydrogen) atoms. The number of amides is 1. The minimum atomic E-state index is -0.215. The van der Waals surface area contributed by atoms with Crippen molar-refractivity contribution in [2.45, 2.75) is 6.54 Å². The molecule has 0 bridgehead atoms. The molecule has 0 unspecified atom stereocenters. The Hall–Kier alpha value is -3.32. The van der Waals surface area contributed by atoms with Crippen molar-refractivity contribution in [3.63, 3.8) is 0 Å². The van der Waals surface area contributed by atoms with E-state index in [-0.39, 0.29) is 5.91 Å². The van der Waals surface area contributed by atoms with E-state index in [1.54, 1.807) is 50.9 Å². The van der Waals surface area contributed by atoms with E-state index in [0.717, 1.165) is 21.8 Å². The van der Waals surface area contributed by atoms with Gasteiger partial charge in [0.05, 0.1) is 33.6 Å². The van der Waals surface area contributed by atoms with E-state index >= 15 is 0 Å². The summed E-state index contributed by atoms with van der Waals surface area (Å²) in [6.07, 6.45) is 3.15. The first kappa shape index (κ1) is 20.4. The first-order chi connectivity index (χ1) is 14.1. The van der Waals surface area contributed by atoms with E-state index in [1.165, 1.54) is 6.08 Å². The van der Waals surface area contributed by atoms with Crippen LogP contribution in [-0.2, 0) is 11.3 Å². The maximum absolute atomic E-state index is 12.2. The van der Waals surface area contributed by atoms with Crippen molar-refractivity contribution in [3.8, 4) is 27.8 Å². The largest absolute Gasteiger partial charge is 0.493 e. The molecule has 0 aliphatic rings. The van der Waals surface area contributed by atoms with Crippen LogP contribution in [0.25, 0.3) is 16.6 Å². The molecule has 1 amide bonds. The first-order valence-corrected chi connectivity index (χ1v) is 9.78. The normalized spacial score (nSPS) is 10.7. The number of carbonyl (C=O) groups excluding carboxylic acids is 1. The number of aromatic nitrogens is 1. The molecular weight excluding hydrogens is 388 g/mol. The summed E-state index contributed by atoms with van der Waals surface area (Å²) < 4.78 is 15.9. The fourth-order valence-electron chi connectivity index (χ4n) is 2.71. The van der Waals surface area contributed by atoms with Crippen LogP contribution in [0.2, 0.25) is 0 Å². The van der Waals surface area contributed by atoms with Gasteiger partial charge in [0.2, 0.25) is 11.7 Å². The van der Waals surface area contributed by atoms with E-state index in [4.69, 9.17) is 14.2 Å². The molecule has 3 rings (SSSR count). The molecule has 6 nitrogen and oxygen atoms in total. The number of carbonyl (C=O) groups is 1. The summed E-state index contributed by atoms with van der Waals surface area (Å²) in [6, 6.07) is 13.5. The van der Waals surface area contributed by atoms with Gasteiger partial charge in [0.1, 0.15) is 5.01 Å². The van der Waals surface area contributed by atoms with Gasteiger partial charge >= 0.3 is 0 Å². The Labute approximate surface area is 173 Å². The van der Waals surface area contributed by atoms with Crippen molar-refractivity contribution in [1.82, 2.24) is 10.3 Å². The van der Waals surface area contributed by atoms with Crippen LogP contribution in [0.3, 0.4) is 0 Å². The summed E-state index contributed by atoms with van der Waals surface area (Å²) in [7, 11) is 4.65. The number of hydrogen-bond acceptors (Lipinski definition) is 6. The number of methoxy groups -OCH3 is 3. The molecule has 3 aromatic rings. The fraction of sp³-hybridized carbons (Fsp3) is 0.182. The molecule has 0 spiro atoms. The number of rotatable bonds is 8. The van der Waals surface area contributed by atoms with Gasteiger partial charge in [0, 0.05) is 17.0 Å². The zero-order chi connectivity index (χ0) is 20.6. The summed E-state index contributed by atoms with van der Waals surface area (Å²) in [5.74, 6) is 1.35. The number of thiazole rings is 1. The smallest absolute Gasteiger partial charge is 0.244 e. The Kier molecular flexibility index (Phi) is 6.86. The second kappa shape index (κ2) is 9.75. The van der Waals surface area contributed by atoms with Gasteiger partial charge < -0.3 is 19.5 Å². The van der Waals surface area contributed by atoms with Gasteiger partial charge in [0.25, 0.3) is 0 Å². The highest BCUT2D eigenvalue weighted by Gasteiger charge is 2.12. The van der Waals surface area contributed by atoms with Crippen molar-refractivity contribution in [2.75, 3.05) is 21.3 Å². The molecule has 0 saturated heterocycles. The van der Waals surface area contributed by atoms with Gasteiger partial charge in [-0.15, -0.1) is 11.3 Å². The molecular formula is C22H22N2O4S. The molecule has 0 fully saturated rings. The zero-order valence-electron chi connectivity index (χ0n) is 16.5. The van der Waals surface area contributed by atoms with Crippen molar-refractivity contribution in [3.05, 3.63) is 65.2 Å². The molecule has 0 aliphatic heterocycles. The Morgan fingerprint density at radius 1 is 1.07 bits per heavy atom. The topological polar surface area (TPSA) is 69.7 Å². The van der Waals surface area contributed by atoms with Gasteiger partial charge in [-0.2, -0.15) is 0 Å². The molecule has 1 heterocycles. The molecule has 7 heteroatoms. The molecule has 0 saturated carbocycles. The Bertz CT molecular complexity index is 974. The minimum Gasteiger partial charge on any atom is -0.493 e. The zero-order valence-corrected chi connectivity index (χ0v) is 17.3.